The number of oxime groups is 1. The third-order valence-corrected chi connectivity index (χ3v) is 4.03. The molecule has 0 aliphatic rings. The van der Waals surface area contributed by atoms with Crippen LogP contribution in [0.15, 0.2) is 28.5 Å². The van der Waals surface area contributed by atoms with Gasteiger partial charge in [0, 0.05) is 12.7 Å². The van der Waals surface area contributed by atoms with Crippen LogP contribution in [0.2, 0.25) is 0 Å². The molecule has 0 radical (unpaired) electrons. The van der Waals surface area contributed by atoms with Crippen LogP contribution >= 0.6 is 0 Å². The fourth-order valence-electron chi connectivity index (χ4n) is 1.43. The lowest BCUT2D eigenvalue weighted by atomic mass is 10.4. The van der Waals surface area contributed by atoms with Gasteiger partial charge in [0.1, 0.15) is 0 Å². The lowest BCUT2D eigenvalue weighted by Gasteiger charge is -2.20. The van der Waals surface area contributed by atoms with E-state index in [2.05, 4.69) is 10.1 Å². The van der Waals surface area contributed by atoms with E-state index in [-0.39, 0.29) is 18.9 Å². The first-order valence-electron chi connectivity index (χ1n) is 5.50. The summed E-state index contributed by atoms with van der Waals surface area (Å²) in [6, 6.07) is 2.30. The second-order valence-corrected chi connectivity index (χ2v) is 5.57. The summed E-state index contributed by atoms with van der Waals surface area (Å²) in [6.45, 7) is 1.53. The number of halogens is 1. The first-order chi connectivity index (χ1) is 8.93. The number of hydrogen-bond donors (Lipinski definition) is 2. The van der Waals surface area contributed by atoms with Crippen LogP contribution in [0.5, 0.6) is 0 Å². The van der Waals surface area contributed by atoms with Gasteiger partial charge in [0.25, 0.3) is 10.0 Å². The minimum Gasteiger partial charge on any atom is -0.409 e. The first kappa shape index (κ1) is 15.3. The van der Waals surface area contributed by atoms with Crippen molar-refractivity contribution in [1.29, 1.82) is 0 Å². The molecule has 0 spiro atoms. The second kappa shape index (κ2) is 6.43. The van der Waals surface area contributed by atoms with E-state index >= 15 is 0 Å². The SMILES string of the molecule is CCCN(C/C(N)=N/O)S(=O)(=O)c1ncccc1F. The highest BCUT2D eigenvalue weighted by Crippen LogP contribution is 2.16. The van der Waals surface area contributed by atoms with Gasteiger partial charge in [-0.1, -0.05) is 12.1 Å². The maximum absolute atomic E-state index is 13.5. The number of nitrogens with zero attached hydrogens (tertiary/aromatic N) is 3. The summed E-state index contributed by atoms with van der Waals surface area (Å²) in [5.41, 5.74) is 5.30. The van der Waals surface area contributed by atoms with Crippen molar-refractivity contribution in [3.63, 3.8) is 0 Å². The maximum Gasteiger partial charge on any atom is 0.263 e. The largest absolute Gasteiger partial charge is 0.409 e. The summed E-state index contributed by atoms with van der Waals surface area (Å²) in [5.74, 6) is -1.23. The Kier molecular flexibility index (Phi) is 5.19. The van der Waals surface area contributed by atoms with Crippen molar-refractivity contribution < 1.29 is 18.0 Å². The number of pyridine rings is 1. The second-order valence-electron chi connectivity index (χ2n) is 3.72. The van der Waals surface area contributed by atoms with Gasteiger partial charge in [0.05, 0.1) is 6.54 Å². The van der Waals surface area contributed by atoms with Gasteiger partial charge in [-0.15, -0.1) is 0 Å². The normalized spacial score (nSPS) is 12.9. The summed E-state index contributed by atoms with van der Waals surface area (Å²) in [7, 11) is -4.12. The van der Waals surface area contributed by atoms with E-state index in [0.717, 1.165) is 10.4 Å². The molecule has 0 atom stereocenters. The predicted molar refractivity (Wildman–Crippen MR) is 66.7 cm³/mol. The Labute approximate surface area is 110 Å². The van der Waals surface area contributed by atoms with Crippen LogP contribution < -0.4 is 5.73 Å². The number of amidine groups is 1. The monoisotopic (exact) mass is 290 g/mol. The third kappa shape index (κ3) is 3.61. The Morgan fingerprint density at radius 2 is 2.32 bits per heavy atom. The molecule has 1 aromatic heterocycles. The Hall–Kier alpha value is -1.74. The molecule has 19 heavy (non-hydrogen) atoms. The summed E-state index contributed by atoms with van der Waals surface area (Å²) >= 11 is 0. The fraction of sp³-hybridized carbons (Fsp3) is 0.400. The molecule has 1 aromatic rings. The average Bonchev–Trinajstić information content (AvgIpc) is 2.38. The molecule has 106 valence electrons. The fourth-order valence-corrected chi connectivity index (χ4v) is 2.91. The van der Waals surface area contributed by atoms with Gasteiger partial charge in [-0.3, -0.25) is 0 Å². The van der Waals surface area contributed by atoms with Crippen molar-refractivity contribution in [2.24, 2.45) is 10.9 Å². The van der Waals surface area contributed by atoms with Gasteiger partial charge < -0.3 is 10.9 Å². The molecule has 0 fully saturated rings. The molecule has 0 saturated carbocycles. The van der Waals surface area contributed by atoms with Crippen molar-refractivity contribution in [3.05, 3.63) is 24.1 Å². The Bertz CT molecular complexity index is 562. The van der Waals surface area contributed by atoms with Gasteiger partial charge >= 0.3 is 0 Å². The first-order valence-corrected chi connectivity index (χ1v) is 6.94. The van der Waals surface area contributed by atoms with Crippen molar-refractivity contribution >= 4 is 15.9 Å². The summed E-state index contributed by atoms with van der Waals surface area (Å²) < 4.78 is 38.9. The quantitative estimate of drug-likeness (QED) is 0.340. The standard InChI is InChI=1S/C10H15FN4O3S/c1-2-6-15(7-9(12)14-16)19(17,18)10-8(11)4-3-5-13-10/h3-5,16H,2,6-7H2,1H3,(H2,12,14). The average molecular weight is 290 g/mol. The van der Waals surface area contributed by atoms with E-state index in [1.165, 1.54) is 12.3 Å². The Morgan fingerprint density at radius 3 is 2.84 bits per heavy atom. The summed E-state index contributed by atoms with van der Waals surface area (Å²) in [5, 5.41) is 10.5. The highest BCUT2D eigenvalue weighted by Gasteiger charge is 2.28. The summed E-state index contributed by atoms with van der Waals surface area (Å²) in [4.78, 5) is 3.54. The highest BCUT2D eigenvalue weighted by atomic mass is 32.2. The van der Waals surface area contributed by atoms with E-state index in [1.54, 1.807) is 6.92 Å². The molecule has 0 aliphatic carbocycles. The van der Waals surface area contributed by atoms with Crippen LogP contribution in [0.25, 0.3) is 0 Å². The number of rotatable bonds is 6. The van der Waals surface area contributed by atoms with Crippen LogP contribution in [0, 0.1) is 5.82 Å². The number of aromatic nitrogens is 1. The molecule has 7 nitrogen and oxygen atoms in total. The Balaban J connectivity index is 3.17. The van der Waals surface area contributed by atoms with Crippen LogP contribution in [0.4, 0.5) is 4.39 Å². The molecule has 0 bridgehead atoms. The number of nitrogens with two attached hydrogens (primary N) is 1. The van der Waals surface area contributed by atoms with E-state index < -0.39 is 20.9 Å². The Morgan fingerprint density at radius 1 is 1.63 bits per heavy atom. The zero-order chi connectivity index (χ0) is 14.5. The summed E-state index contributed by atoms with van der Waals surface area (Å²) in [6.07, 6.45) is 1.68. The van der Waals surface area contributed by atoms with E-state index in [1.807, 2.05) is 0 Å². The molecule has 0 unspecified atom stereocenters. The molecule has 0 saturated heterocycles. The molecular weight excluding hydrogens is 275 g/mol. The molecule has 1 heterocycles. The topological polar surface area (TPSA) is 109 Å². The van der Waals surface area contributed by atoms with Gasteiger partial charge in [0.15, 0.2) is 11.7 Å². The molecule has 0 amide bonds. The molecule has 1 rings (SSSR count). The predicted octanol–water partition coefficient (Wildman–Crippen LogP) is 0.368. The van der Waals surface area contributed by atoms with Gasteiger partial charge in [-0.25, -0.2) is 17.8 Å². The van der Waals surface area contributed by atoms with E-state index in [0.29, 0.717) is 6.42 Å². The zero-order valence-corrected chi connectivity index (χ0v) is 11.1. The molecule has 3 N–H and O–H groups in total. The highest BCUT2D eigenvalue weighted by molar-refractivity contribution is 7.89. The minimum atomic E-state index is -4.12. The number of hydrogen-bond acceptors (Lipinski definition) is 5. The van der Waals surface area contributed by atoms with Crippen LogP contribution in [-0.2, 0) is 10.0 Å². The zero-order valence-electron chi connectivity index (χ0n) is 10.3. The van der Waals surface area contributed by atoms with Gasteiger partial charge in [-0.05, 0) is 18.6 Å². The lowest BCUT2D eigenvalue weighted by molar-refractivity contribution is 0.314. The van der Waals surface area contributed by atoms with E-state index in [9.17, 15) is 12.8 Å². The third-order valence-electron chi connectivity index (χ3n) is 2.25. The van der Waals surface area contributed by atoms with E-state index in [4.69, 9.17) is 10.9 Å². The number of sulfonamides is 1. The maximum atomic E-state index is 13.5. The van der Waals surface area contributed by atoms with Crippen LogP contribution in [0.1, 0.15) is 13.3 Å². The molecule has 0 aliphatic heterocycles. The smallest absolute Gasteiger partial charge is 0.263 e. The minimum absolute atomic E-state index is 0.106. The molecule has 9 heteroatoms. The van der Waals surface area contributed by atoms with Gasteiger partial charge in [0.2, 0.25) is 5.03 Å². The van der Waals surface area contributed by atoms with Crippen LogP contribution in [-0.4, -0.2) is 41.8 Å². The molecule has 0 aromatic carbocycles. The lowest BCUT2D eigenvalue weighted by Crippen LogP contribution is -2.39. The van der Waals surface area contributed by atoms with Crippen LogP contribution in [0.3, 0.4) is 0 Å². The van der Waals surface area contributed by atoms with Crippen molar-refractivity contribution in [3.8, 4) is 0 Å². The van der Waals surface area contributed by atoms with Gasteiger partial charge in [-0.2, -0.15) is 4.31 Å². The molecular formula is C10H15FN4O3S. The van der Waals surface area contributed by atoms with Crippen molar-refractivity contribution in [2.45, 2.75) is 18.4 Å². The van der Waals surface area contributed by atoms with Crippen molar-refractivity contribution in [1.82, 2.24) is 9.29 Å². The van der Waals surface area contributed by atoms with Crippen molar-refractivity contribution in [2.75, 3.05) is 13.1 Å².